The average Bonchev–Trinajstić information content (AvgIpc) is 3.11. The molecule has 1 atom stereocenters. The topological polar surface area (TPSA) is 72.3 Å². The van der Waals surface area contributed by atoms with Gasteiger partial charge in [-0.1, -0.05) is 18.2 Å². The first kappa shape index (κ1) is 16.7. The molecule has 0 N–H and O–H groups in total. The smallest absolute Gasteiger partial charge is 0.278 e. The molecule has 1 amide bonds. The van der Waals surface area contributed by atoms with E-state index >= 15 is 0 Å². The second kappa shape index (κ2) is 6.39. The minimum Gasteiger partial charge on any atom is -0.307 e. The van der Waals surface area contributed by atoms with Crippen LogP contribution < -0.4 is 4.90 Å². The summed E-state index contributed by atoms with van der Waals surface area (Å²) in [7, 11) is -2.99. The molecular formula is C17H21N3O3S. The van der Waals surface area contributed by atoms with E-state index < -0.39 is 9.84 Å². The summed E-state index contributed by atoms with van der Waals surface area (Å²) < 4.78 is 25.1. The monoisotopic (exact) mass is 347 g/mol. The lowest BCUT2D eigenvalue weighted by Gasteiger charge is -2.19. The molecule has 1 aromatic heterocycles. The minimum atomic E-state index is -2.99. The zero-order chi connectivity index (χ0) is 17.3. The van der Waals surface area contributed by atoms with Crippen LogP contribution in [0.2, 0.25) is 0 Å². The third-order valence-corrected chi connectivity index (χ3v) is 6.08. The number of nitrogens with zero attached hydrogens (tertiary/aromatic N) is 3. The van der Waals surface area contributed by atoms with Crippen molar-refractivity contribution < 1.29 is 13.2 Å². The molecule has 128 valence electrons. The van der Waals surface area contributed by atoms with Gasteiger partial charge in [0.25, 0.3) is 5.91 Å². The van der Waals surface area contributed by atoms with E-state index in [2.05, 4.69) is 5.10 Å². The molecule has 1 aromatic carbocycles. The van der Waals surface area contributed by atoms with Crippen molar-refractivity contribution >= 4 is 21.4 Å². The maximum Gasteiger partial charge on any atom is 0.278 e. The van der Waals surface area contributed by atoms with E-state index in [1.165, 1.54) is 0 Å². The summed E-state index contributed by atoms with van der Waals surface area (Å²) in [6, 6.07) is 11.0. The summed E-state index contributed by atoms with van der Waals surface area (Å²) in [4.78, 5) is 14.5. The molecule has 0 radical (unpaired) electrons. The normalized spacial score (nSPS) is 19.3. The summed E-state index contributed by atoms with van der Waals surface area (Å²) in [5, 5.41) is 4.41. The largest absolute Gasteiger partial charge is 0.307 e. The highest BCUT2D eigenvalue weighted by atomic mass is 32.2. The van der Waals surface area contributed by atoms with Crippen molar-refractivity contribution in [3.8, 4) is 0 Å². The minimum absolute atomic E-state index is 0.0966. The average molecular weight is 347 g/mol. The first-order chi connectivity index (χ1) is 11.4. The molecule has 1 aliphatic rings. The van der Waals surface area contributed by atoms with Gasteiger partial charge in [0.05, 0.1) is 17.5 Å². The SMILES string of the molecule is CCN(C(=O)c1cc(C)n(C2CCS(=O)(=O)C2)n1)c1ccccc1. The number of rotatable bonds is 4. The highest BCUT2D eigenvalue weighted by molar-refractivity contribution is 7.91. The van der Waals surface area contributed by atoms with E-state index in [1.807, 2.05) is 44.2 Å². The Hall–Kier alpha value is -2.15. The van der Waals surface area contributed by atoms with Crippen LogP contribution in [0.25, 0.3) is 0 Å². The number of benzene rings is 1. The number of amides is 1. The van der Waals surface area contributed by atoms with Gasteiger partial charge in [-0.3, -0.25) is 9.48 Å². The van der Waals surface area contributed by atoms with Gasteiger partial charge in [-0.25, -0.2) is 8.42 Å². The van der Waals surface area contributed by atoms with Gasteiger partial charge in [0.1, 0.15) is 0 Å². The zero-order valence-electron chi connectivity index (χ0n) is 13.8. The Labute approximate surface area is 142 Å². The van der Waals surface area contributed by atoms with E-state index in [9.17, 15) is 13.2 Å². The summed E-state index contributed by atoms with van der Waals surface area (Å²) in [5.41, 5.74) is 1.98. The fourth-order valence-corrected chi connectivity index (χ4v) is 4.81. The summed E-state index contributed by atoms with van der Waals surface area (Å²) in [6.07, 6.45) is 0.550. The first-order valence-electron chi connectivity index (χ1n) is 8.05. The van der Waals surface area contributed by atoms with Crippen molar-refractivity contribution in [3.05, 3.63) is 47.8 Å². The standard InChI is InChI=1S/C17H21N3O3S/c1-3-19(14-7-5-4-6-8-14)17(21)16-11-13(2)20(18-16)15-9-10-24(22,23)12-15/h4-8,11,15H,3,9-10,12H2,1-2H3. The molecule has 1 saturated heterocycles. The van der Waals surface area contributed by atoms with Crippen LogP contribution in [0.3, 0.4) is 0 Å². The highest BCUT2D eigenvalue weighted by Crippen LogP contribution is 2.25. The molecule has 3 rings (SSSR count). The van der Waals surface area contributed by atoms with Crippen LogP contribution >= 0.6 is 0 Å². The number of sulfone groups is 1. The van der Waals surface area contributed by atoms with Gasteiger partial charge < -0.3 is 4.90 Å². The van der Waals surface area contributed by atoms with Gasteiger partial charge in [-0.2, -0.15) is 5.10 Å². The van der Waals surface area contributed by atoms with E-state index in [0.717, 1.165) is 11.4 Å². The Morgan fingerprint density at radius 3 is 2.62 bits per heavy atom. The summed E-state index contributed by atoms with van der Waals surface area (Å²) >= 11 is 0. The molecule has 6 nitrogen and oxygen atoms in total. The van der Waals surface area contributed by atoms with Crippen LogP contribution in [0, 0.1) is 6.92 Å². The van der Waals surface area contributed by atoms with Gasteiger partial charge in [0.2, 0.25) is 0 Å². The van der Waals surface area contributed by atoms with Gasteiger partial charge in [0, 0.05) is 17.9 Å². The lowest BCUT2D eigenvalue weighted by Crippen LogP contribution is -2.31. The fraction of sp³-hybridized carbons (Fsp3) is 0.412. The first-order valence-corrected chi connectivity index (χ1v) is 9.87. The van der Waals surface area contributed by atoms with Gasteiger partial charge in [0.15, 0.2) is 15.5 Å². The third-order valence-electron chi connectivity index (χ3n) is 4.33. The second-order valence-corrected chi connectivity index (χ2v) is 8.29. The van der Waals surface area contributed by atoms with Crippen molar-refractivity contribution in [2.75, 3.05) is 23.0 Å². The summed E-state index contributed by atoms with van der Waals surface area (Å²) in [6.45, 7) is 4.30. The van der Waals surface area contributed by atoms with E-state index in [-0.39, 0.29) is 23.5 Å². The molecule has 1 fully saturated rings. The quantitative estimate of drug-likeness (QED) is 0.850. The Balaban J connectivity index is 1.87. The van der Waals surface area contributed by atoms with E-state index in [4.69, 9.17) is 0 Å². The van der Waals surface area contributed by atoms with E-state index in [1.54, 1.807) is 15.6 Å². The van der Waals surface area contributed by atoms with Crippen LogP contribution in [0.1, 0.15) is 35.6 Å². The second-order valence-electron chi connectivity index (χ2n) is 6.06. The molecule has 0 spiro atoms. The molecule has 0 saturated carbocycles. The molecule has 0 bridgehead atoms. The third kappa shape index (κ3) is 3.21. The van der Waals surface area contributed by atoms with Crippen LogP contribution in [-0.2, 0) is 9.84 Å². The van der Waals surface area contributed by atoms with Crippen molar-refractivity contribution in [3.63, 3.8) is 0 Å². The van der Waals surface area contributed by atoms with Crippen molar-refractivity contribution in [2.24, 2.45) is 0 Å². The van der Waals surface area contributed by atoms with Gasteiger partial charge in [-0.05, 0) is 38.5 Å². The highest BCUT2D eigenvalue weighted by Gasteiger charge is 2.31. The lowest BCUT2D eigenvalue weighted by atomic mass is 10.2. The molecule has 2 aromatic rings. The molecular weight excluding hydrogens is 326 g/mol. The number of hydrogen-bond donors (Lipinski definition) is 0. The molecule has 0 aliphatic carbocycles. The number of carbonyl (C=O) groups is 1. The Morgan fingerprint density at radius 1 is 1.33 bits per heavy atom. The van der Waals surface area contributed by atoms with Crippen LogP contribution in [0.15, 0.2) is 36.4 Å². The van der Waals surface area contributed by atoms with Crippen LogP contribution in [0.5, 0.6) is 0 Å². The van der Waals surface area contributed by atoms with Gasteiger partial charge >= 0.3 is 0 Å². The maximum atomic E-state index is 12.8. The Morgan fingerprint density at radius 2 is 2.04 bits per heavy atom. The number of aryl methyl sites for hydroxylation is 1. The molecule has 1 unspecified atom stereocenters. The van der Waals surface area contributed by atoms with Gasteiger partial charge in [-0.15, -0.1) is 0 Å². The fourth-order valence-electron chi connectivity index (χ4n) is 3.12. The predicted molar refractivity (Wildman–Crippen MR) is 93.1 cm³/mol. The number of para-hydroxylation sites is 1. The number of anilines is 1. The zero-order valence-corrected chi connectivity index (χ0v) is 14.7. The van der Waals surface area contributed by atoms with Crippen molar-refractivity contribution in [1.29, 1.82) is 0 Å². The Bertz CT molecular complexity index is 843. The summed E-state index contributed by atoms with van der Waals surface area (Å²) in [5.74, 6) is 0.108. The van der Waals surface area contributed by atoms with Crippen molar-refractivity contribution in [2.45, 2.75) is 26.3 Å². The van der Waals surface area contributed by atoms with Crippen LogP contribution in [0.4, 0.5) is 5.69 Å². The molecule has 7 heteroatoms. The maximum absolute atomic E-state index is 12.8. The molecule has 2 heterocycles. The predicted octanol–water partition coefficient (Wildman–Crippen LogP) is 2.22. The number of hydrogen-bond acceptors (Lipinski definition) is 4. The van der Waals surface area contributed by atoms with E-state index in [0.29, 0.717) is 18.7 Å². The van der Waals surface area contributed by atoms with Crippen LogP contribution in [-0.4, -0.2) is 42.2 Å². The van der Waals surface area contributed by atoms with Crippen molar-refractivity contribution in [1.82, 2.24) is 9.78 Å². The Kier molecular flexibility index (Phi) is 4.45. The number of aromatic nitrogens is 2. The molecule has 24 heavy (non-hydrogen) atoms. The number of carbonyl (C=O) groups excluding carboxylic acids is 1. The lowest BCUT2D eigenvalue weighted by molar-refractivity contribution is 0.0982. The molecule has 1 aliphatic heterocycles.